The summed E-state index contributed by atoms with van der Waals surface area (Å²) in [6.07, 6.45) is 1.71. The zero-order valence-electron chi connectivity index (χ0n) is 9.20. The molecular weight excluding hydrogens is 196 g/mol. The zero-order chi connectivity index (χ0) is 11.3. The summed E-state index contributed by atoms with van der Waals surface area (Å²) in [6, 6.07) is 0. The van der Waals surface area contributed by atoms with Crippen molar-refractivity contribution in [1.82, 2.24) is 10.2 Å². The second kappa shape index (κ2) is 5.44. The molecule has 1 rings (SSSR count). The van der Waals surface area contributed by atoms with Crippen LogP contribution in [0.1, 0.15) is 19.8 Å². The number of aliphatic hydroxyl groups excluding tert-OH is 1. The van der Waals surface area contributed by atoms with Gasteiger partial charge < -0.3 is 15.5 Å². The Morgan fingerprint density at radius 1 is 1.60 bits per heavy atom. The van der Waals surface area contributed by atoms with E-state index < -0.39 is 5.60 Å². The number of β-amino-alcohol motifs (C(OH)–C–C–N with tert-alkyl or cyclic N) is 1. The predicted octanol–water partition coefficient (Wildman–Crippen LogP) is -1.06. The van der Waals surface area contributed by atoms with Crippen LogP contribution in [0.2, 0.25) is 0 Å². The molecule has 0 aliphatic carbocycles. The Morgan fingerprint density at radius 2 is 2.33 bits per heavy atom. The van der Waals surface area contributed by atoms with Gasteiger partial charge in [0.15, 0.2) is 0 Å². The first kappa shape index (κ1) is 12.4. The summed E-state index contributed by atoms with van der Waals surface area (Å²) < 4.78 is 0. The molecule has 15 heavy (non-hydrogen) atoms. The van der Waals surface area contributed by atoms with E-state index in [9.17, 15) is 9.90 Å². The molecule has 1 fully saturated rings. The van der Waals surface area contributed by atoms with Gasteiger partial charge in [0, 0.05) is 13.1 Å². The van der Waals surface area contributed by atoms with Gasteiger partial charge in [0.05, 0.1) is 18.8 Å². The van der Waals surface area contributed by atoms with Gasteiger partial charge in [-0.15, -0.1) is 0 Å². The molecule has 1 heterocycles. The molecule has 0 aromatic carbocycles. The Balaban J connectivity index is 2.28. The minimum atomic E-state index is -0.671. The topological polar surface area (TPSA) is 72.8 Å². The van der Waals surface area contributed by atoms with Crippen molar-refractivity contribution in [2.24, 2.45) is 0 Å². The van der Waals surface area contributed by atoms with Crippen LogP contribution in [0, 0.1) is 0 Å². The van der Waals surface area contributed by atoms with Crippen LogP contribution in [0.4, 0.5) is 0 Å². The van der Waals surface area contributed by atoms with Crippen LogP contribution < -0.4 is 5.32 Å². The van der Waals surface area contributed by atoms with Crippen LogP contribution in [0.25, 0.3) is 0 Å². The van der Waals surface area contributed by atoms with Crippen LogP contribution in [-0.2, 0) is 4.79 Å². The molecule has 5 heteroatoms. The van der Waals surface area contributed by atoms with Gasteiger partial charge in [0.2, 0.25) is 5.91 Å². The van der Waals surface area contributed by atoms with E-state index >= 15 is 0 Å². The maximum absolute atomic E-state index is 11.3. The molecule has 1 atom stereocenters. The molecule has 1 aliphatic rings. The number of aliphatic hydroxyl groups is 2. The van der Waals surface area contributed by atoms with Crippen molar-refractivity contribution in [2.45, 2.75) is 25.4 Å². The Morgan fingerprint density at radius 3 is 2.93 bits per heavy atom. The highest BCUT2D eigenvalue weighted by atomic mass is 16.3. The molecule has 1 saturated heterocycles. The van der Waals surface area contributed by atoms with Crippen molar-refractivity contribution >= 4 is 5.91 Å². The van der Waals surface area contributed by atoms with Crippen molar-refractivity contribution in [3.8, 4) is 0 Å². The number of rotatable bonds is 4. The van der Waals surface area contributed by atoms with E-state index in [1.165, 1.54) is 0 Å². The van der Waals surface area contributed by atoms with Gasteiger partial charge in [0.25, 0.3) is 0 Å². The number of hydrogen-bond acceptors (Lipinski definition) is 4. The van der Waals surface area contributed by atoms with Crippen molar-refractivity contribution in [3.05, 3.63) is 0 Å². The lowest BCUT2D eigenvalue weighted by Gasteiger charge is -2.36. The first-order valence-electron chi connectivity index (χ1n) is 5.36. The summed E-state index contributed by atoms with van der Waals surface area (Å²) in [5.74, 6) is -0.0956. The fourth-order valence-corrected chi connectivity index (χ4v) is 1.91. The zero-order valence-corrected chi connectivity index (χ0v) is 9.20. The largest absolute Gasteiger partial charge is 0.395 e. The van der Waals surface area contributed by atoms with Gasteiger partial charge in [-0.3, -0.25) is 9.69 Å². The van der Waals surface area contributed by atoms with Crippen LogP contribution >= 0.6 is 0 Å². The van der Waals surface area contributed by atoms with E-state index in [1.54, 1.807) is 6.92 Å². The van der Waals surface area contributed by atoms with Crippen LogP contribution in [0.5, 0.6) is 0 Å². The second-order valence-corrected chi connectivity index (χ2v) is 4.38. The number of carbonyl (C=O) groups is 1. The Bertz CT molecular complexity index is 219. The number of piperidine rings is 1. The molecule has 1 aliphatic heterocycles. The third kappa shape index (κ3) is 4.59. The number of carbonyl (C=O) groups excluding carboxylic acids is 1. The fraction of sp³-hybridized carbons (Fsp3) is 0.900. The number of amides is 1. The van der Waals surface area contributed by atoms with E-state index in [4.69, 9.17) is 5.11 Å². The quantitative estimate of drug-likeness (QED) is 0.560. The number of nitrogens with zero attached hydrogens (tertiary/aromatic N) is 1. The highest BCUT2D eigenvalue weighted by Crippen LogP contribution is 2.19. The predicted molar refractivity (Wildman–Crippen MR) is 56.4 cm³/mol. The standard InChI is InChI=1S/C10H20N2O3/c1-10(15)3-2-5-12(8-10)7-9(14)11-4-6-13/h13,15H,2-8H2,1H3,(H,11,14). The van der Waals surface area contributed by atoms with Gasteiger partial charge in [-0.2, -0.15) is 0 Å². The monoisotopic (exact) mass is 216 g/mol. The Hall–Kier alpha value is -0.650. The normalized spacial score (nSPS) is 27.7. The van der Waals surface area contributed by atoms with Crippen LogP contribution in [-0.4, -0.2) is 59.4 Å². The van der Waals surface area contributed by atoms with Gasteiger partial charge in [-0.05, 0) is 26.3 Å². The first-order valence-corrected chi connectivity index (χ1v) is 5.36. The second-order valence-electron chi connectivity index (χ2n) is 4.38. The Labute approximate surface area is 90.1 Å². The lowest BCUT2D eigenvalue weighted by atomic mass is 9.95. The lowest BCUT2D eigenvalue weighted by Crippen LogP contribution is -2.49. The number of nitrogens with one attached hydrogen (secondary N) is 1. The Kier molecular flexibility index (Phi) is 4.50. The molecule has 0 aromatic rings. The van der Waals surface area contributed by atoms with E-state index in [2.05, 4.69) is 5.32 Å². The minimum Gasteiger partial charge on any atom is -0.395 e. The van der Waals surface area contributed by atoms with E-state index in [1.807, 2.05) is 4.90 Å². The highest BCUT2D eigenvalue weighted by molar-refractivity contribution is 5.78. The molecule has 0 bridgehead atoms. The summed E-state index contributed by atoms with van der Waals surface area (Å²) >= 11 is 0. The average Bonchev–Trinajstić information content (AvgIpc) is 2.13. The minimum absolute atomic E-state index is 0.0382. The third-order valence-electron chi connectivity index (χ3n) is 2.56. The number of hydrogen-bond donors (Lipinski definition) is 3. The maximum atomic E-state index is 11.3. The van der Waals surface area contributed by atoms with Crippen molar-refractivity contribution in [1.29, 1.82) is 0 Å². The SMILES string of the molecule is CC1(O)CCCN(CC(=O)NCCO)C1. The molecule has 5 nitrogen and oxygen atoms in total. The molecule has 1 unspecified atom stereocenters. The summed E-state index contributed by atoms with van der Waals surface area (Å²) in [4.78, 5) is 13.3. The molecule has 0 spiro atoms. The fourth-order valence-electron chi connectivity index (χ4n) is 1.91. The molecule has 0 aromatic heterocycles. The van der Waals surface area contributed by atoms with Gasteiger partial charge in [-0.1, -0.05) is 0 Å². The van der Waals surface area contributed by atoms with Gasteiger partial charge >= 0.3 is 0 Å². The maximum Gasteiger partial charge on any atom is 0.234 e. The molecule has 0 saturated carbocycles. The molecular formula is C10H20N2O3. The van der Waals surface area contributed by atoms with Crippen molar-refractivity contribution in [2.75, 3.05) is 32.8 Å². The summed E-state index contributed by atoms with van der Waals surface area (Å²) in [7, 11) is 0. The van der Waals surface area contributed by atoms with E-state index in [-0.39, 0.29) is 12.5 Å². The molecule has 3 N–H and O–H groups in total. The number of likely N-dealkylation sites (tertiary alicyclic amines) is 1. The average molecular weight is 216 g/mol. The lowest BCUT2D eigenvalue weighted by molar-refractivity contribution is -0.123. The highest BCUT2D eigenvalue weighted by Gasteiger charge is 2.28. The van der Waals surface area contributed by atoms with Gasteiger partial charge in [-0.25, -0.2) is 0 Å². The molecule has 88 valence electrons. The van der Waals surface area contributed by atoms with E-state index in [0.29, 0.717) is 19.6 Å². The van der Waals surface area contributed by atoms with Crippen molar-refractivity contribution in [3.63, 3.8) is 0 Å². The van der Waals surface area contributed by atoms with Crippen LogP contribution in [0.3, 0.4) is 0 Å². The van der Waals surface area contributed by atoms with Gasteiger partial charge in [0.1, 0.15) is 0 Å². The summed E-state index contributed by atoms with van der Waals surface area (Å²) in [5, 5.41) is 21.0. The molecule has 1 amide bonds. The first-order chi connectivity index (χ1) is 7.03. The molecule has 0 radical (unpaired) electrons. The van der Waals surface area contributed by atoms with Crippen molar-refractivity contribution < 1.29 is 15.0 Å². The third-order valence-corrected chi connectivity index (χ3v) is 2.56. The summed E-state index contributed by atoms with van der Waals surface area (Å²) in [5.41, 5.74) is -0.671. The summed E-state index contributed by atoms with van der Waals surface area (Å²) in [6.45, 7) is 3.75. The van der Waals surface area contributed by atoms with E-state index in [0.717, 1.165) is 19.4 Å². The van der Waals surface area contributed by atoms with Crippen LogP contribution in [0.15, 0.2) is 0 Å². The smallest absolute Gasteiger partial charge is 0.234 e.